The first-order valence-electron chi connectivity index (χ1n) is 30.8. The Bertz CT molecular complexity index is 1720. The smallest absolute Gasteiger partial charge is 0.462 e. The van der Waals surface area contributed by atoms with Crippen molar-refractivity contribution in [3.63, 3.8) is 0 Å². The number of aliphatic hydroxyl groups excluding tert-OH is 1. The molecule has 0 spiro atoms. The second-order valence-electron chi connectivity index (χ2n) is 20.1. The van der Waals surface area contributed by atoms with E-state index in [1.54, 1.807) is 0 Å². The molecule has 0 aromatic heterocycles. The molecular weight excluding hydrogens is 1000 g/mol. The van der Waals surface area contributed by atoms with Crippen molar-refractivity contribution < 1.29 is 52.2 Å². The Kier molecular flexibility index (Phi) is 56.3. The zero-order chi connectivity index (χ0) is 56.9. The van der Waals surface area contributed by atoms with Crippen molar-refractivity contribution in [2.24, 2.45) is 0 Å². The minimum absolute atomic E-state index is 0.140. The lowest BCUT2D eigenvalue weighted by Crippen LogP contribution is -2.30. The molecular formula is C66H111O11P. The molecule has 12 heteroatoms. The van der Waals surface area contributed by atoms with Gasteiger partial charge in [-0.05, 0) is 122 Å². The molecule has 3 unspecified atom stereocenters. The van der Waals surface area contributed by atoms with Gasteiger partial charge in [0.05, 0.1) is 19.8 Å². The summed E-state index contributed by atoms with van der Waals surface area (Å²) in [6.07, 6.45) is 71.8. The first-order valence-corrected chi connectivity index (χ1v) is 32.3. The summed E-state index contributed by atoms with van der Waals surface area (Å²) in [7, 11) is -4.77. The molecule has 446 valence electrons. The zero-order valence-electron chi connectivity index (χ0n) is 49.3. The topological polar surface area (TPSA) is 155 Å². The minimum Gasteiger partial charge on any atom is -0.462 e. The predicted octanol–water partition coefficient (Wildman–Crippen LogP) is 18.6. The molecule has 0 aromatic carbocycles. The molecule has 0 rings (SSSR count). The van der Waals surface area contributed by atoms with Crippen LogP contribution < -0.4 is 0 Å². The van der Waals surface area contributed by atoms with Gasteiger partial charge in [0.2, 0.25) is 0 Å². The van der Waals surface area contributed by atoms with E-state index in [2.05, 4.69) is 130 Å². The highest BCUT2D eigenvalue weighted by Crippen LogP contribution is 2.43. The summed E-state index contributed by atoms with van der Waals surface area (Å²) < 4.78 is 39.6. The van der Waals surface area contributed by atoms with E-state index in [4.69, 9.17) is 23.3 Å². The second kappa shape index (κ2) is 59.3. The molecule has 2 N–H and O–H groups in total. The van der Waals surface area contributed by atoms with E-state index in [0.717, 1.165) is 135 Å². The molecule has 0 saturated carbocycles. The van der Waals surface area contributed by atoms with Crippen LogP contribution in [0.25, 0.3) is 0 Å². The summed E-state index contributed by atoms with van der Waals surface area (Å²) in [6.45, 7) is 4.35. The second-order valence-corrected chi connectivity index (χ2v) is 21.6. The van der Waals surface area contributed by atoms with Crippen molar-refractivity contribution in [1.29, 1.82) is 0 Å². The lowest BCUT2D eigenvalue weighted by molar-refractivity contribution is -0.161. The predicted molar refractivity (Wildman–Crippen MR) is 325 cm³/mol. The number of esters is 3. The molecule has 0 amide bonds. The van der Waals surface area contributed by atoms with E-state index in [0.29, 0.717) is 19.3 Å². The first-order chi connectivity index (χ1) is 38.2. The molecule has 0 aliphatic rings. The normalized spacial score (nSPS) is 14.1. The highest BCUT2D eigenvalue weighted by molar-refractivity contribution is 7.47. The van der Waals surface area contributed by atoms with Crippen molar-refractivity contribution in [3.05, 3.63) is 109 Å². The van der Waals surface area contributed by atoms with Gasteiger partial charge in [0.15, 0.2) is 6.10 Å². The van der Waals surface area contributed by atoms with Crippen molar-refractivity contribution >= 4 is 25.7 Å². The van der Waals surface area contributed by atoms with Crippen LogP contribution in [0.4, 0.5) is 0 Å². The molecule has 0 aliphatic heterocycles. The summed E-state index contributed by atoms with van der Waals surface area (Å²) in [5, 5.41) is 9.85. The van der Waals surface area contributed by atoms with Crippen LogP contribution >= 0.6 is 7.82 Å². The standard InChI is InChI=1S/C66H111O11P/c1-4-7-10-13-16-19-22-25-27-29-31-33-35-38-41-44-47-50-53-56-65(69)76-62(58-67)60-74-78(71,72)75-61-63(59-73-64(68)55-52-49-46-43-40-37-24-21-18-15-12-9-6-3)77-66(70)57-54-51-48-45-42-39-36-34-32-30-28-26-23-20-17-14-11-8-5-2/h8-9,11-12,16-21,25-28,32,34,37,40,62-63,67H,4-7,10,13-15,22-24,29-31,33,35-36,38-39,41-61H2,1-3H3,(H,71,72)/b11-8-,12-9-,19-16-,20-17-,21-18-,27-25-,28-26-,34-32-,40-37-. The zero-order valence-corrected chi connectivity index (χ0v) is 50.2. The van der Waals surface area contributed by atoms with Crippen molar-refractivity contribution in [2.45, 2.75) is 264 Å². The van der Waals surface area contributed by atoms with E-state index in [-0.39, 0.29) is 25.9 Å². The van der Waals surface area contributed by atoms with Crippen LogP contribution in [-0.4, -0.2) is 66.5 Å². The quantitative estimate of drug-likeness (QED) is 0.0197. The van der Waals surface area contributed by atoms with Crippen LogP contribution in [0.3, 0.4) is 0 Å². The number of unbranched alkanes of at least 4 members (excludes halogenated alkanes) is 21. The Morgan fingerprint density at radius 2 is 0.667 bits per heavy atom. The van der Waals surface area contributed by atoms with Gasteiger partial charge in [-0.25, -0.2) is 4.57 Å². The van der Waals surface area contributed by atoms with Crippen LogP contribution in [0.2, 0.25) is 0 Å². The van der Waals surface area contributed by atoms with Gasteiger partial charge in [-0.1, -0.05) is 220 Å². The maximum atomic E-state index is 12.9. The van der Waals surface area contributed by atoms with E-state index in [1.165, 1.54) is 57.8 Å². The highest BCUT2D eigenvalue weighted by Gasteiger charge is 2.28. The molecule has 78 heavy (non-hydrogen) atoms. The largest absolute Gasteiger partial charge is 0.472 e. The lowest BCUT2D eigenvalue weighted by Gasteiger charge is -2.21. The number of hydrogen-bond acceptors (Lipinski definition) is 10. The summed E-state index contributed by atoms with van der Waals surface area (Å²) in [6, 6.07) is 0. The van der Waals surface area contributed by atoms with Gasteiger partial charge in [-0.2, -0.15) is 0 Å². The van der Waals surface area contributed by atoms with E-state index in [9.17, 15) is 28.9 Å². The Hall–Kier alpha value is -3.86. The third-order valence-corrected chi connectivity index (χ3v) is 13.6. The maximum absolute atomic E-state index is 12.9. The molecule has 11 nitrogen and oxygen atoms in total. The van der Waals surface area contributed by atoms with Gasteiger partial charge < -0.3 is 24.2 Å². The molecule has 0 heterocycles. The van der Waals surface area contributed by atoms with Crippen LogP contribution in [0.15, 0.2) is 109 Å². The molecule has 0 bridgehead atoms. The third-order valence-electron chi connectivity index (χ3n) is 12.7. The van der Waals surface area contributed by atoms with Crippen LogP contribution in [-0.2, 0) is 42.2 Å². The van der Waals surface area contributed by atoms with Crippen molar-refractivity contribution in [2.75, 3.05) is 26.4 Å². The van der Waals surface area contributed by atoms with Crippen LogP contribution in [0, 0.1) is 0 Å². The monoisotopic (exact) mass is 1110 g/mol. The van der Waals surface area contributed by atoms with Gasteiger partial charge >= 0.3 is 25.7 Å². The van der Waals surface area contributed by atoms with Gasteiger partial charge in [0.1, 0.15) is 12.7 Å². The summed E-state index contributed by atoms with van der Waals surface area (Å²) >= 11 is 0. The van der Waals surface area contributed by atoms with Gasteiger partial charge in [-0.15, -0.1) is 0 Å². The van der Waals surface area contributed by atoms with Gasteiger partial charge in [0.25, 0.3) is 0 Å². The van der Waals surface area contributed by atoms with E-state index in [1.807, 2.05) is 0 Å². The number of aliphatic hydroxyl groups is 1. The number of ether oxygens (including phenoxy) is 3. The van der Waals surface area contributed by atoms with Crippen molar-refractivity contribution in [1.82, 2.24) is 0 Å². The fourth-order valence-electron chi connectivity index (χ4n) is 8.04. The number of rotatable bonds is 56. The lowest BCUT2D eigenvalue weighted by atomic mass is 10.1. The number of carbonyl (C=O) groups excluding carboxylic acids is 3. The van der Waals surface area contributed by atoms with Gasteiger partial charge in [-0.3, -0.25) is 23.4 Å². The number of phosphoric acid groups is 1. The number of hydrogen-bond donors (Lipinski definition) is 2. The molecule has 0 saturated heterocycles. The van der Waals surface area contributed by atoms with Gasteiger partial charge in [0, 0.05) is 19.3 Å². The fraction of sp³-hybridized carbons (Fsp3) is 0.682. The molecule has 0 radical (unpaired) electrons. The number of carbonyl (C=O) groups is 3. The number of phosphoric ester groups is 1. The van der Waals surface area contributed by atoms with Crippen LogP contribution in [0.1, 0.15) is 252 Å². The Balaban J connectivity index is 4.72. The summed E-state index contributed by atoms with van der Waals surface area (Å²) in [4.78, 5) is 48.7. The first kappa shape index (κ1) is 74.1. The Morgan fingerprint density at radius 1 is 0.372 bits per heavy atom. The molecule has 3 atom stereocenters. The summed E-state index contributed by atoms with van der Waals surface area (Å²) in [5.41, 5.74) is 0. The summed E-state index contributed by atoms with van der Waals surface area (Å²) in [5.74, 6) is -1.52. The molecule has 0 aliphatic carbocycles. The Morgan fingerprint density at radius 3 is 1.04 bits per heavy atom. The number of allylic oxidation sites excluding steroid dienone is 18. The maximum Gasteiger partial charge on any atom is 0.472 e. The molecule has 0 fully saturated rings. The van der Waals surface area contributed by atoms with E-state index >= 15 is 0 Å². The highest BCUT2D eigenvalue weighted by atomic mass is 31.2. The fourth-order valence-corrected chi connectivity index (χ4v) is 8.82. The van der Waals surface area contributed by atoms with Crippen molar-refractivity contribution in [3.8, 4) is 0 Å². The van der Waals surface area contributed by atoms with Crippen LogP contribution in [0.5, 0.6) is 0 Å². The minimum atomic E-state index is -4.77. The van der Waals surface area contributed by atoms with E-state index < -0.39 is 57.8 Å². The average molecular weight is 1110 g/mol. The molecule has 0 aromatic rings. The SMILES string of the molecule is CC/C=C\C/C=C\C/C=C\C/C=C\CCCCCCCCC(=O)OC(COC(=O)CCCCC/C=C\C/C=C\C/C=C\CC)COP(=O)(O)OCC(CO)OC(=O)CCCCCCCCCCC/C=C\C/C=C\CCCCC. The average Bonchev–Trinajstić information content (AvgIpc) is 3.43. The third kappa shape index (κ3) is 56.8. The Labute approximate surface area is 475 Å².